The number of aryl methyl sites for hydroxylation is 3. The summed E-state index contributed by atoms with van der Waals surface area (Å²) in [5.74, 6) is 1.45. The summed E-state index contributed by atoms with van der Waals surface area (Å²) in [6, 6.07) is 8.05. The summed E-state index contributed by atoms with van der Waals surface area (Å²) in [6.45, 7) is 6.12. The maximum atomic E-state index is 5.82. The molecule has 0 N–H and O–H groups in total. The number of hydrogen-bond acceptors (Lipinski definition) is 2. The van der Waals surface area contributed by atoms with Gasteiger partial charge in [0, 0.05) is 6.20 Å². The van der Waals surface area contributed by atoms with E-state index in [0.29, 0.717) is 5.88 Å². The van der Waals surface area contributed by atoms with Gasteiger partial charge in [0.15, 0.2) is 0 Å². The fourth-order valence-corrected chi connectivity index (χ4v) is 1.92. The molecule has 1 aromatic carbocycles. The van der Waals surface area contributed by atoms with Gasteiger partial charge in [0.25, 0.3) is 0 Å². The number of aromatic nitrogens is 1. The molecule has 1 heterocycles. The second kappa shape index (κ2) is 4.88. The third-order valence-corrected chi connectivity index (χ3v) is 3.55. The molecule has 0 saturated heterocycles. The molecule has 2 aromatic rings. The molecule has 0 radical (unpaired) electrons. The van der Waals surface area contributed by atoms with E-state index >= 15 is 0 Å². The average Bonchev–Trinajstić information content (AvgIpc) is 2.28. The Balaban J connectivity index is 2.35. The minimum atomic E-state index is 0.608. The van der Waals surface area contributed by atoms with Gasteiger partial charge in [0.2, 0.25) is 5.88 Å². The largest absolute Gasteiger partial charge is 0.438 e. The first-order valence-corrected chi connectivity index (χ1v) is 6.23. The molecular formula is C14H14BrNO. The van der Waals surface area contributed by atoms with Crippen LogP contribution in [0.3, 0.4) is 0 Å². The first-order valence-electron chi connectivity index (χ1n) is 5.44. The van der Waals surface area contributed by atoms with Crippen LogP contribution in [0, 0.1) is 20.8 Å². The van der Waals surface area contributed by atoms with Gasteiger partial charge in [-0.05, 0) is 60.0 Å². The molecule has 3 heteroatoms. The lowest BCUT2D eigenvalue weighted by Gasteiger charge is -2.10. The molecule has 1 aromatic heterocycles. The summed E-state index contributed by atoms with van der Waals surface area (Å²) in [4.78, 5) is 4.23. The highest BCUT2D eigenvalue weighted by molar-refractivity contribution is 9.10. The molecule has 0 fully saturated rings. The van der Waals surface area contributed by atoms with E-state index in [1.807, 2.05) is 32.0 Å². The van der Waals surface area contributed by atoms with Crippen LogP contribution in [0.4, 0.5) is 0 Å². The summed E-state index contributed by atoms with van der Waals surface area (Å²) in [7, 11) is 0. The van der Waals surface area contributed by atoms with Crippen molar-refractivity contribution in [3.63, 3.8) is 0 Å². The number of nitrogens with zero attached hydrogens (tertiary/aromatic N) is 1. The minimum Gasteiger partial charge on any atom is -0.438 e. The molecule has 0 spiro atoms. The number of rotatable bonds is 2. The number of halogens is 1. The summed E-state index contributed by atoms with van der Waals surface area (Å²) in [5, 5.41) is 0. The normalized spacial score (nSPS) is 10.4. The van der Waals surface area contributed by atoms with E-state index in [0.717, 1.165) is 21.3 Å². The highest BCUT2D eigenvalue weighted by Gasteiger charge is 2.08. The van der Waals surface area contributed by atoms with Crippen LogP contribution in [0.1, 0.15) is 16.7 Å². The molecule has 88 valence electrons. The van der Waals surface area contributed by atoms with Gasteiger partial charge >= 0.3 is 0 Å². The van der Waals surface area contributed by atoms with Gasteiger partial charge in [-0.1, -0.05) is 17.7 Å². The van der Waals surface area contributed by atoms with Gasteiger partial charge in [0.05, 0.1) is 4.47 Å². The van der Waals surface area contributed by atoms with Gasteiger partial charge in [-0.25, -0.2) is 4.98 Å². The van der Waals surface area contributed by atoms with E-state index in [2.05, 4.69) is 33.9 Å². The van der Waals surface area contributed by atoms with E-state index < -0.39 is 0 Å². The van der Waals surface area contributed by atoms with Gasteiger partial charge in [0.1, 0.15) is 5.75 Å². The molecule has 2 rings (SSSR count). The SMILES string of the molecule is Cc1ccc(Oc2nccc(C)c2Br)c(C)c1. The molecule has 0 unspecified atom stereocenters. The van der Waals surface area contributed by atoms with E-state index in [-0.39, 0.29) is 0 Å². The van der Waals surface area contributed by atoms with Crippen LogP contribution < -0.4 is 4.74 Å². The molecule has 0 aliphatic rings. The quantitative estimate of drug-likeness (QED) is 0.809. The lowest BCUT2D eigenvalue weighted by Crippen LogP contribution is -1.93. The fourth-order valence-electron chi connectivity index (χ4n) is 1.60. The molecule has 17 heavy (non-hydrogen) atoms. The zero-order valence-corrected chi connectivity index (χ0v) is 11.7. The molecule has 0 atom stereocenters. The second-order valence-electron chi connectivity index (χ2n) is 4.12. The number of pyridine rings is 1. The van der Waals surface area contributed by atoms with Gasteiger partial charge in [-0.2, -0.15) is 0 Å². The van der Waals surface area contributed by atoms with Gasteiger partial charge in [-0.3, -0.25) is 0 Å². The topological polar surface area (TPSA) is 22.1 Å². The van der Waals surface area contributed by atoms with Crippen molar-refractivity contribution in [2.24, 2.45) is 0 Å². The molecule has 0 aliphatic carbocycles. The van der Waals surface area contributed by atoms with Crippen LogP contribution >= 0.6 is 15.9 Å². The zero-order chi connectivity index (χ0) is 12.4. The second-order valence-corrected chi connectivity index (χ2v) is 4.91. The highest BCUT2D eigenvalue weighted by atomic mass is 79.9. The summed E-state index contributed by atoms with van der Waals surface area (Å²) in [5.41, 5.74) is 3.45. The van der Waals surface area contributed by atoms with E-state index in [9.17, 15) is 0 Å². The Labute approximate surface area is 110 Å². The predicted octanol–water partition coefficient (Wildman–Crippen LogP) is 4.56. The summed E-state index contributed by atoms with van der Waals surface area (Å²) in [6.07, 6.45) is 1.75. The van der Waals surface area contributed by atoms with Crippen LogP contribution in [-0.2, 0) is 0 Å². The first-order chi connectivity index (χ1) is 8.08. The van der Waals surface area contributed by atoms with Crippen molar-refractivity contribution in [3.05, 3.63) is 51.6 Å². The Kier molecular flexibility index (Phi) is 3.48. The van der Waals surface area contributed by atoms with Crippen LogP contribution in [-0.4, -0.2) is 4.98 Å². The van der Waals surface area contributed by atoms with Crippen LogP contribution in [0.15, 0.2) is 34.9 Å². The van der Waals surface area contributed by atoms with Crippen LogP contribution in [0.5, 0.6) is 11.6 Å². The third kappa shape index (κ3) is 2.67. The summed E-state index contributed by atoms with van der Waals surface area (Å²) >= 11 is 3.49. The van der Waals surface area contributed by atoms with Crippen molar-refractivity contribution in [2.45, 2.75) is 20.8 Å². The maximum absolute atomic E-state index is 5.82. The lowest BCUT2D eigenvalue weighted by atomic mass is 10.1. The van der Waals surface area contributed by atoms with Crippen molar-refractivity contribution in [2.75, 3.05) is 0 Å². The Morgan fingerprint density at radius 1 is 1.06 bits per heavy atom. The average molecular weight is 292 g/mol. The number of benzene rings is 1. The Morgan fingerprint density at radius 3 is 2.53 bits per heavy atom. The summed E-state index contributed by atoms with van der Waals surface area (Å²) < 4.78 is 6.72. The number of hydrogen-bond donors (Lipinski definition) is 0. The van der Waals surface area contributed by atoms with Crippen LogP contribution in [0.2, 0.25) is 0 Å². The Morgan fingerprint density at radius 2 is 1.82 bits per heavy atom. The van der Waals surface area contributed by atoms with Crippen molar-refractivity contribution >= 4 is 15.9 Å². The van der Waals surface area contributed by atoms with Crippen molar-refractivity contribution < 1.29 is 4.74 Å². The standard InChI is InChI=1S/C14H14BrNO/c1-9-4-5-12(11(3)8-9)17-14-13(15)10(2)6-7-16-14/h4-8H,1-3H3. The lowest BCUT2D eigenvalue weighted by molar-refractivity contribution is 0.455. The maximum Gasteiger partial charge on any atom is 0.233 e. The first kappa shape index (κ1) is 12.1. The molecule has 0 saturated carbocycles. The van der Waals surface area contributed by atoms with Crippen LogP contribution in [0.25, 0.3) is 0 Å². The highest BCUT2D eigenvalue weighted by Crippen LogP contribution is 2.31. The molecular weight excluding hydrogens is 278 g/mol. The van der Waals surface area contributed by atoms with E-state index in [1.165, 1.54) is 5.56 Å². The van der Waals surface area contributed by atoms with Crippen molar-refractivity contribution in [1.29, 1.82) is 0 Å². The van der Waals surface area contributed by atoms with Crippen molar-refractivity contribution in [1.82, 2.24) is 4.98 Å². The van der Waals surface area contributed by atoms with Crippen molar-refractivity contribution in [3.8, 4) is 11.6 Å². The number of ether oxygens (including phenoxy) is 1. The van der Waals surface area contributed by atoms with E-state index in [1.54, 1.807) is 6.20 Å². The molecule has 2 nitrogen and oxygen atoms in total. The Hall–Kier alpha value is -1.35. The molecule has 0 amide bonds. The molecule has 0 bridgehead atoms. The predicted molar refractivity (Wildman–Crippen MR) is 72.7 cm³/mol. The Bertz CT molecular complexity index is 552. The monoisotopic (exact) mass is 291 g/mol. The minimum absolute atomic E-state index is 0.608. The smallest absolute Gasteiger partial charge is 0.233 e. The van der Waals surface area contributed by atoms with Gasteiger partial charge in [-0.15, -0.1) is 0 Å². The zero-order valence-electron chi connectivity index (χ0n) is 10.1. The van der Waals surface area contributed by atoms with E-state index in [4.69, 9.17) is 4.74 Å². The van der Waals surface area contributed by atoms with Gasteiger partial charge < -0.3 is 4.74 Å². The molecule has 0 aliphatic heterocycles. The third-order valence-electron chi connectivity index (χ3n) is 2.59. The fraction of sp³-hybridized carbons (Fsp3) is 0.214.